The average Bonchev–Trinajstić information content (AvgIpc) is 3.31. The lowest BCUT2D eigenvalue weighted by Crippen LogP contribution is -2.22. The van der Waals surface area contributed by atoms with E-state index in [1.165, 1.54) is 17.4 Å². The lowest BCUT2D eigenvalue weighted by molar-refractivity contribution is 0.0950. The highest BCUT2D eigenvalue weighted by Crippen LogP contribution is 2.38. The number of carbonyl (C=O) groups excluding carboxylic acids is 2. The van der Waals surface area contributed by atoms with E-state index in [1.807, 2.05) is 60.7 Å². The van der Waals surface area contributed by atoms with Crippen LogP contribution in [0.3, 0.4) is 0 Å². The molecule has 0 radical (unpaired) electrons. The van der Waals surface area contributed by atoms with Crippen molar-refractivity contribution in [1.29, 1.82) is 0 Å². The smallest absolute Gasteiger partial charge is 0.265 e. The van der Waals surface area contributed by atoms with Gasteiger partial charge in [-0.2, -0.15) is 0 Å². The van der Waals surface area contributed by atoms with Crippen LogP contribution < -0.4 is 15.4 Å². The van der Waals surface area contributed by atoms with Crippen LogP contribution in [0.15, 0.2) is 97.1 Å². The first-order valence-corrected chi connectivity index (χ1v) is 12.6. The van der Waals surface area contributed by atoms with Crippen molar-refractivity contribution >= 4 is 38.9 Å². The fourth-order valence-corrected chi connectivity index (χ4v) is 4.97. The van der Waals surface area contributed by atoms with E-state index in [1.54, 1.807) is 18.2 Å². The standard InChI is InChI=1S/C30H22F2N2O3S/c31-24-14-13-21(16-25(24)32)29(35)34-22-10-6-9-20(15-22)17-33-30(36)28-27(23-11-4-5-12-26(23)38-28)37-18-19-7-2-1-3-8-19/h1-16H,17-18H2,(H,33,36)(H,34,35). The first kappa shape index (κ1) is 25.1. The second-order valence-electron chi connectivity index (χ2n) is 8.50. The van der Waals surface area contributed by atoms with Gasteiger partial charge in [-0.15, -0.1) is 11.3 Å². The fourth-order valence-electron chi connectivity index (χ4n) is 3.91. The maximum Gasteiger partial charge on any atom is 0.265 e. The van der Waals surface area contributed by atoms with Crippen molar-refractivity contribution in [2.45, 2.75) is 13.2 Å². The van der Waals surface area contributed by atoms with Crippen molar-refractivity contribution in [3.63, 3.8) is 0 Å². The molecule has 4 aromatic carbocycles. The maximum absolute atomic E-state index is 13.5. The van der Waals surface area contributed by atoms with Gasteiger partial charge in [0.2, 0.25) is 0 Å². The highest BCUT2D eigenvalue weighted by Gasteiger charge is 2.20. The number of halogens is 2. The third-order valence-electron chi connectivity index (χ3n) is 5.80. The Morgan fingerprint density at radius 1 is 0.763 bits per heavy atom. The summed E-state index contributed by atoms with van der Waals surface area (Å²) < 4.78 is 33.7. The monoisotopic (exact) mass is 528 g/mol. The van der Waals surface area contributed by atoms with E-state index in [2.05, 4.69) is 10.6 Å². The summed E-state index contributed by atoms with van der Waals surface area (Å²) in [6.07, 6.45) is 0. The molecule has 190 valence electrons. The van der Waals surface area contributed by atoms with E-state index >= 15 is 0 Å². The molecule has 0 bridgehead atoms. The van der Waals surface area contributed by atoms with Gasteiger partial charge in [0.05, 0.1) is 0 Å². The number of amides is 2. The van der Waals surface area contributed by atoms with E-state index in [0.717, 1.165) is 33.3 Å². The molecule has 0 aliphatic heterocycles. The largest absolute Gasteiger partial charge is 0.487 e. The van der Waals surface area contributed by atoms with E-state index in [-0.39, 0.29) is 18.0 Å². The lowest BCUT2D eigenvalue weighted by atomic mass is 10.1. The SMILES string of the molecule is O=C(Nc1cccc(CNC(=O)c2sc3ccccc3c2OCc2ccccc2)c1)c1ccc(F)c(F)c1. The van der Waals surface area contributed by atoms with Crippen LogP contribution in [0.5, 0.6) is 5.75 Å². The minimum absolute atomic E-state index is 0.00426. The maximum atomic E-state index is 13.5. The number of rotatable bonds is 8. The van der Waals surface area contributed by atoms with E-state index in [9.17, 15) is 18.4 Å². The summed E-state index contributed by atoms with van der Waals surface area (Å²) in [5, 5.41) is 6.47. The molecule has 0 spiro atoms. The number of anilines is 1. The molecule has 0 atom stereocenters. The fraction of sp³-hybridized carbons (Fsp3) is 0.0667. The molecule has 1 heterocycles. The molecule has 2 N–H and O–H groups in total. The van der Waals surface area contributed by atoms with Crippen LogP contribution in [-0.2, 0) is 13.2 Å². The number of hydrogen-bond acceptors (Lipinski definition) is 4. The van der Waals surface area contributed by atoms with Gasteiger partial charge in [-0.05, 0) is 53.6 Å². The van der Waals surface area contributed by atoms with Crippen molar-refractivity contribution in [2.24, 2.45) is 0 Å². The molecule has 0 saturated heterocycles. The Hall–Kier alpha value is -4.56. The van der Waals surface area contributed by atoms with Gasteiger partial charge >= 0.3 is 0 Å². The Morgan fingerprint density at radius 2 is 1.53 bits per heavy atom. The van der Waals surface area contributed by atoms with Crippen LogP contribution in [0.2, 0.25) is 0 Å². The molecular formula is C30H22F2N2O3S. The summed E-state index contributed by atoms with van der Waals surface area (Å²) in [7, 11) is 0. The minimum atomic E-state index is -1.09. The van der Waals surface area contributed by atoms with Crippen molar-refractivity contribution < 1.29 is 23.1 Å². The van der Waals surface area contributed by atoms with Crippen LogP contribution >= 0.6 is 11.3 Å². The van der Waals surface area contributed by atoms with E-state index in [0.29, 0.717) is 22.9 Å². The normalized spacial score (nSPS) is 10.8. The number of nitrogens with one attached hydrogen (secondary N) is 2. The summed E-state index contributed by atoms with van der Waals surface area (Å²) in [4.78, 5) is 26.1. The second-order valence-corrected chi connectivity index (χ2v) is 9.55. The third-order valence-corrected chi connectivity index (χ3v) is 6.95. The van der Waals surface area contributed by atoms with Gasteiger partial charge in [0, 0.05) is 27.9 Å². The van der Waals surface area contributed by atoms with Crippen LogP contribution in [0.4, 0.5) is 14.5 Å². The molecule has 5 rings (SSSR count). The highest BCUT2D eigenvalue weighted by atomic mass is 32.1. The predicted octanol–water partition coefficient (Wildman–Crippen LogP) is 6.94. The van der Waals surface area contributed by atoms with Gasteiger partial charge in [0.1, 0.15) is 11.5 Å². The number of benzene rings is 4. The van der Waals surface area contributed by atoms with Crippen molar-refractivity contribution in [2.75, 3.05) is 5.32 Å². The number of fused-ring (bicyclic) bond motifs is 1. The molecule has 0 aliphatic carbocycles. The number of carbonyl (C=O) groups is 2. The van der Waals surface area contributed by atoms with E-state index in [4.69, 9.17) is 4.74 Å². The molecule has 1 aromatic heterocycles. The zero-order valence-electron chi connectivity index (χ0n) is 20.0. The van der Waals surface area contributed by atoms with Gasteiger partial charge in [-0.3, -0.25) is 9.59 Å². The predicted molar refractivity (Wildman–Crippen MR) is 145 cm³/mol. The van der Waals surface area contributed by atoms with Crippen LogP contribution in [0.1, 0.15) is 31.2 Å². The minimum Gasteiger partial charge on any atom is -0.487 e. The molecular weight excluding hydrogens is 506 g/mol. The van der Waals surface area contributed by atoms with Crippen molar-refractivity contribution in [3.05, 3.63) is 130 Å². The summed E-state index contributed by atoms with van der Waals surface area (Å²) in [6.45, 7) is 0.543. The Morgan fingerprint density at radius 3 is 2.34 bits per heavy atom. The second kappa shape index (κ2) is 11.2. The Bertz CT molecular complexity index is 1620. The Labute approximate surface area is 221 Å². The molecule has 5 aromatic rings. The summed E-state index contributed by atoms with van der Waals surface area (Å²) in [5.74, 6) is -2.42. The molecule has 0 aliphatic rings. The molecule has 0 unspecified atom stereocenters. The number of thiophene rings is 1. The molecule has 0 saturated carbocycles. The summed E-state index contributed by atoms with van der Waals surface area (Å²) >= 11 is 1.36. The molecule has 5 nitrogen and oxygen atoms in total. The van der Waals surface area contributed by atoms with Crippen LogP contribution in [-0.4, -0.2) is 11.8 Å². The highest BCUT2D eigenvalue weighted by molar-refractivity contribution is 7.21. The van der Waals surface area contributed by atoms with Crippen molar-refractivity contribution in [3.8, 4) is 5.75 Å². The number of ether oxygens (including phenoxy) is 1. The van der Waals surface area contributed by atoms with Crippen LogP contribution in [0, 0.1) is 11.6 Å². The van der Waals surface area contributed by atoms with Gasteiger partial charge in [0.15, 0.2) is 17.4 Å². The Kier molecular flexibility index (Phi) is 7.42. The van der Waals surface area contributed by atoms with Crippen LogP contribution in [0.25, 0.3) is 10.1 Å². The van der Waals surface area contributed by atoms with Crippen molar-refractivity contribution in [1.82, 2.24) is 5.32 Å². The van der Waals surface area contributed by atoms with Gasteiger partial charge in [-0.1, -0.05) is 54.6 Å². The summed E-state index contributed by atoms with van der Waals surface area (Å²) in [5.41, 5.74) is 2.20. The van der Waals surface area contributed by atoms with Gasteiger partial charge in [0.25, 0.3) is 11.8 Å². The summed E-state index contributed by atoms with van der Waals surface area (Å²) in [6, 6.07) is 27.3. The Balaban J connectivity index is 1.28. The quantitative estimate of drug-likeness (QED) is 0.229. The topological polar surface area (TPSA) is 67.4 Å². The molecule has 8 heteroatoms. The lowest BCUT2D eigenvalue weighted by Gasteiger charge is -2.10. The molecule has 0 fully saturated rings. The van der Waals surface area contributed by atoms with E-state index < -0.39 is 17.5 Å². The molecule has 2 amide bonds. The van der Waals surface area contributed by atoms with Gasteiger partial charge < -0.3 is 15.4 Å². The zero-order chi connectivity index (χ0) is 26.5. The number of hydrogen-bond donors (Lipinski definition) is 2. The first-order valence-electron chi connectivity index (χ1n) is 11.8. The first-order chi connectivity index (χ1) is 18.5. The zero-order valence-corrected chi connectivity index (χ0v) is 20.9. The van der Waals surface area contributed by atoms with Gasteiger partial charge in [-0.25, -0.2) is 8.78 Å². The third kappa shape index (κ3) is 5.71. The average molecular weight is 529 g/mol. The molecule has 38 heavy (non-hydrogen) atoms.